The summed E-state index contributed by atoms with van der Waals surface area (Å²) in [4.78, 5) is 0. The second-order valence-corrected chi connectivity index (χ2v) is 8.26. The second-order valence-electron chi connectivity index (χ2n) is 8.26. The summed E-state index contributed by atoms with van der Waals surface area (Å²) in [6.07, 6.45) is 0. The van der Waals surface area contributed by atoms with Crippen LogP contribution in [0.1, 0.15) is 47.2 Å². The van der Waals surface area contributed by atoms with Crippen LogP contribution in [0.15, 0.2) is 24.3 Å². The average molecular weight is 449 g/mol. The number of hydrogen-bond donors (Lipinski definition) is 2. The first-order chi connectivity index (χ1) is 15.3. The zero-order valence-corrected chi connectivity index (χ0v) is 20.0. The largest absolute Gasteiger partial charge is 0.507 e. The first-order valence-corrected chi connectivity index (χ1v) is 10.5. The number of benzene rings is 2. The Morgan fingerprint density at radius 2 is 0.969 bits per heavy atom. The van der Waals surface area contributed by atoms with E-state index in [2.05, 4.69) is 13.8 Å². The van der Waals surface area contributed by atoms with Crippen LogP contribution in [-0.2, 0) is 55.5 Å². The third kappa shape index (κ3) is 6.21. The quantitative estimate of drug-likeness (QED) is 0.448. The summed E-state index contributed by atoms with van der Waals surface area (Å²) in [5.41, 5.74) is 4.31. The van der Waals surface area contributed by atoms with Crippen LogP contribution >= 0.6 is 0 Å². The summed E-state index contributed by atoms with van der Waals surface area (Å²) < 4.78 is 26.6. The Morgan fingerprint density at radius 3 is 1.31 bits per heavy atom. The highest BCUT2D eigenvalue weighted by Gasteiger charge is 2.28. The van der Waals surface area contributed by atoms with Gasteiger partial charge in [-0.05, 0) is 35.4 Å². The molecule has 2 aromatic rings. The molecular weight excluding hydrogens is 412 g/mol. The first kappa shape index (κ1) is 26.1. The minimum atomic E-state index is -0.448. The van der Waals surface area contributed by atoms with Crippen molar-refractivity contribution in [2.75, 3.05) is 41.7 Å². The summed E-state index contributed by atoms with van der Waals surface area (Å²) in [5.74, 6) is 0.362. The number of methoxy groups -OCH3 is 4. The maximum Gasteiger partial charge on any atom is 0.126 e. The van der Waals surface area contributed by atoms with E-state index in [9.17, 15) is 10.2 Å². The van der Waals surface area contributed by atoms with E-state index >= 15 is 0 Å². The Labute approximate surface area is 190 Å². The molecule has 178 valence electrons. The molecule has 0 aliphatic carbocycles. The number of phenols is 2. The maximum atomic E-state index is 10.7. The molecule has 0 bridgehead atoms. The van der Waals surface area contributed by atoms with Gasteiger partial charge in [0.15, 0.2) is 0 Å². The lowest BCUT2D eigenvalue weighted by atomic mass is 9.76. The lowest BCUT2D eigenvalue weighted by molar-refractivity contribution is 0.0606. The topological polar surface area (TPSA) is 86.6 Å². The summed E-state index contributed by atoms with van der Waals surface area (Å²) in [6.45, 7) is 6.23. The van der Waals surface area contributed by atoms with Gasteiger partial charge in [-0.25, -0.2) is 0 Å². The Balaban J connectivity index is 2.55. The molecule has 0 spiro atoms. The molecule has 0 unspecified atom stereocenters. The minimum absolute atomic E-state index is 0.176. The highest BCUT2D eigenvalue weighted by atomic mass is 16.5. The summed E-state index contributed by atoms with van der Waals surface area (Å²) in [7, 11) is 6.41. The molecule has 0 aromatic heterocycles. The lowest BCUT2D eigenvalue weighted by Gasteiger charge is -2.29. The van der Waals surface area contributed by atoms with Crippen LogP contribution in [0.25, 0.3) is 0 Å². The molecule has 7 heteroatoms. The first-order valence-electron chi connectivity index (χ1n) is 10.5. The second kappa shape index (κ2) is 12.2. The Hall–Kier alpha value is -2.16. The highest BCUT2D eigenvalue weighted by molar-refractivity contribution is 5.52. The van der Waals surface area contributed by atoms with Crippen molar-refractivity contribution < 1.29 is 33.9 Å². The van der Waals surface area contributed by atoms with Crippen LogP contribution in [0.5, 0.6) is 11.5 Å². The SMILES string of the molecule is COCCOCc1cc(C(C)(C)c2cc(COC)c(O)c(COC)c2)cc(COC)c1O. The van der Waals surface area contributed by atoms with Crippen molar-refractivity contribution in [2.24, 2.45) is 0 Å². The van der Waals surface area contributed by atoms with Crippen molar-refractivity contribution in [3.8, 4) is 11.5 Å². The standard InChI is InChI=1S/C25H36O7/c1-25(2,21-9-17(13-29-4)23(26)18(10-21)14-30-5)22-11-19(15-31-6)24(27)20(12-22)16-32-8-7-28-3/h9-12,26-27H,7-8,13-16H2,1-6H3. The van der Waals surface area contributed by atoms with E-state index in [4.69, 9.17) is 23.7 Å². The van der Waals surface area contributed by atoms with Crippen molar-refractivity contribution in [1.82, 2.24) is 0 Å². The zero-order valence-electron chi connectivity index (χ0n) is 20.0. The molecule has 2 N–H and O–H groups in total. The van der Waals surface area contributed by atoms with Crippen molar-refractivity contribution in [3.05, 3.63) is 57.6 Å². The van der Waals surface area contributed by atoms with Crippen molar-refractivity contribution >= 4 is 0 Å². The van der Waals surface area contributed by atoms with Gasteiger partial charge in [0.05, 0.1) is 39.6 Å². The zero-order chi connectivity index (χ0) is 23.7. The third-order valence-electron chi connectivity index (χ3n) is 5.57. The maximum absolute atomic E-state index is 10.7. The molecule has 0 atom stereocenters. The predicted molar refractivity (Wildman–Crippen MR) is 122 cm³/mol. The fourth-order valence-corrected chi connectivity index (χ4v) is 3.64. The van der Waals surface area contributed by atoms with Gasteiger partial charge in [-0.1, -0.05) is 13.8 Å². The molecule has 0 aliphatic heterocycles. The summed E-state index contributed by atoms with van der Waals surface area (Å²) in [5, 5.41) is 21.4. The van der Waals surface area contributed by atoms with Crippen molar-refractivity contribution in [1.29, 1.82) is 0 Å². The predicted octanol–water partition coefficient (Wildman–Crippen LogP) is 4.03. The molecule has 0 saturated heterocycles. The van der Waals surface area contributed by atoms with Gasteiger partial charge in [0.1, 0.15) is 11.5 Å². The van der Waals surface area contributed by atoms with Crippen LogP contribution in [0.4, 0.5) is 0 Å². The fraction of sp³-hybridized carbons (Fsp3) is 0.520. The van der Waals surface area contributed by atoms with Crippen molar-refractivity contribution in [2.45, 2.75) is 45.7 Å². The molecule has 0 heterocycles. The van der Waals surface area contributed by atoms with Crippen LogP contribution in [0, 0.1) is 0 Å². The molecule has 0 aliphatic rings. The number of rotatable bonds is 13. The van der Waals surface area contributed by atoms with Gasteiger partial charge < -0.3 is 33.9 Å². The normalized spacial score (nSPS) is 11.8. The summed E-state index contributed by atoms with van der Waals surface area (Å²) in [6, 6.07) is 7.82. The molecule has 0 amide bonds. The Bertz CT molecular complexity index is 850. The summed E-state index contributed by atoms with van der Waals surface area (Å²) >= 11 is 0. The fourth-order valence-electron chi connectivity index (χ4n) is 3.64. The Morgan fingerprint density at radius 1 is 0.594 bits per heavy atom. The van der Waals surface area contributed by atoms with Gasteiger partial charge in [-0.2, -0.15) is 0 Å². The van der Waals surface area contributed by atoms with Crippen LogP contribution in [-0.4, -0.2) is 51.9 Å². The van der Waals surface area contributed by atoms with Crippen LogP contribution in [0.2, 0.25) is 0 Å². The van der Waals surface area contributed by atoms with E-state index in [0.717, 1.165) is 11.1 Å². The van der Waals surface area contributed by atoms with Crippen molar-refractivity contribution in [3.63, 3.8) is 0 Å². The monoisotopic (exact) mass is 448 g/mol. The molecule has 0 saturated carbocycles. The van der Waals surface area contributed by atoms with E-state index in [-0.39, 0.29) is 37.9 Å². The van der Waals surface area contributed by atoms with Gasteiger partial charge >= 0.3 is 0 Å². The minimum Gasteiger partial charge on any atom is -0.507 e. The molecule has 0 fully saturated rings. The molecule has 2 rings (SSSR count). The molecule has 32 heavy (non-hydrogen) atoms. The number of phenolic OH excluding ortho intramolecular Hbond substituents is 2. The lowest BCUT2D eigenvalue weighted by Crippen LogP contribution is -2.21. The van der Waals surface area contributed by atoms with Gasteiger partial charge in [0.25, 0.3) is 0 Å². The Kier molecular flexibility index (Phi) is 9.93. The number of aromatic hydroxyl groups is 2. The molecule has 2 aromatic carbocycles. The smallest absolute Gasteiger partial charge is 0.126 e. The molecule has 0 radical (unpaired) electrons. The van der Waals surface area contributed by atoms with E-state index in [1.807, 2.05) is 24.3 Å². The van der Waals surface area contributed by atoms with E-state index < -0.39 is 5.41 Å². The molecule has 7 nitrogen and oxygen atoms in total. The van der Waals surface area contributed by atoms with E-state index in [1.54, 1.807) is 28.4 Å². The van der Waals surface area contributed by atoms with Crippen LogP contribution in [0.3, 0.4) is 0 Å². The highest BCUT2D eigenvalue weighted by Crippen LogP contribution is 2.39. The van der Waals surface area contributed by atoms with Gasteiger partial charge in [-0.3, -0.25) is 0 Å². The third-order valence-corrected chi connectivity index (χ3v) is 5.57. The van der Waals surface area contributed by atoms with Crippen LogP contribution < -0.4 is 0 Å². The van der Waals surface area contributed by atoms with Gasteiger partial charge in [0, 0.05) is 56.1 Å². The molecular formula is C25H36O7. The number of ether oxygens (including phenoxy) is 5. The average Bonchev–Trinajstić information content (AvgIpc) is 2.76. The van der Waals surface area contributed by atoms with E-state index in [1.165, 1.54) is 0 Å². The van der Waals surface area contributed by atoms with E-state index in [0.29, 0.717) is 35.5 Å². The van der Waals surface area contributed by atoms with Gasteiger partial charge in [-0.15, -0.1) is 0 Å². The number of hydrogen-bond acceptors (Lipinski definition) is 7. The van der Waals surface area contributed by atoms with Gasteiger partial charge in [0.2, 0.25) is 0 Å².